The van der Waals surface area contributed by atoms with Crippen LogP contribution in [0.4, 0.5) is 0 Å². The van der Waals surface area contributed by atoms with Gasteiger partial charge in [-0.1, -0.05) is 96.2 Å². The summed E-state index contributed by atoms with van der Waals surface area (Å²) in [6, 6.07) is 31.7. The molecule has 1 aliphatic heterocycles. The molecule has 136 valence electrons. The van der Waals surface area contributed by atoms with Crippen LogP contribution in [0.3, 0.4) is 0 Å². The van der Waals surface area contributed by atoms with Crippen molar-refractivity contribution < 1.29 is 4.84 Å². The predicted octanol–water partition coefficient (Wildman–Crippen LogP) is 6.57. The molecule has 3 aromatic rings. The van der Waals surface area contributed by atoms with Crippen LogP contribution in [0.25, 0.3) is 0 Å². The Morgan fingerprint density at radius 3 is 1.70 bits per heavy atom. The highest BCUT2D eigenvalue weighted by Gasteiger charge is 2.29. The van der Waals surface area contributed by atoms with Gasteiger partial charge in [-0.2, -0.15) is 0 Å². The molecule has 0 unspecified atom stereocenters. The molecule has 0 spiro atoms. The van der Waals surface area contributed by atoms with E-state index in [0.29, 0.717) is 17.1 Å². The van der Waals surface area contributed by atoms with Crippen molar-refractivity contribution in [3.8, 4) is 0 Å². The molecule has 1 aliphatic rings. The fourth-order valence-corrected chi connectivity index (χ4v) is 4.98. The summed E-state index contributed by atoms with van der Waals surface area (Å²) in [4.78, 5) is 5.71. The van der Waals surface area contributed by atoms with Gasteiger partial charge in [-0.05, 0) is 16.7 Å². The molecule has 0 N–H and O–H groups in total. The summed E-state index contributed by atoms with van der Waals surface area (Å²) < 4.78 is 0. The average Bonchev–Trinajstić information content (AvgIpc) is 2.76. The minimum atomic E-state index is 0.407. The number of oxime groups is 1. The Kier molecular flexibility index (Phi) is 5.90. The van der Waals surface area contributed by atoms with E-state index in [4.69, 9.17) is 4.84 Å². The number of nitrogens with zero attached hydrogens (tertiary/aromatic N) is 1. The molecule has 2 nitrogen and oxygen atoms in total. The monoisotopic (exact) mass is 373 g/mol. The van der Waals surface area contributed by atoms with Crippen LogP contribution in [-0.4, -0.2) is 5.71 Å². The first-order chi connectivity index (χ1) is 13.4. The molecule has 0 aliphatic carbocycles. The quantitative estimate of drug-likeness (QED) is 0.472. The number of rotatable bonds is 5. The number of thioether (sulfide) groups is 1. The third-order valence-corrected chi connectivity index (χ3v) is 6.32. The molecule has 1 saturated heterocycles. The van der Waals surface area contributed by atoms with Crippen molar-refractivity contribution in [2.45, 2.75) is 29.9 Å². The molecule has 4 rings (SSSR count). The van der Waals surface area contributed by atoms with Gasteiger partial charge in [-0.3, -0.25) is 0 Å². The molecule has 1 heterocycles. The second-order valence-electron chi connectivity index (χ2n) is 6.76. The van der Waals surface area contributed by atoms with E-state index >= 15 is 0 Å². The number of hydrogen-bond donors (Lipinski definition) is 0. The van der Waals surface area contributed by atoms with Crippen molar-refractivity contribution in [3.63, 3.8) is 0 Å². The zero-order valence-electron chi connectivity index (χ0n) is 15.2. The van der Waals surface area contributed by atoms with Crippen LogP contribution in [0, 0.1) is 0 Å². The standard InChI is InChI=1S/C24H23NOS/c1-4-10-19(11-5-1)18-26-25-22-16-23(20-12-6-2-7-13-20)27-24(17-22)21-14-8-3-9-15-21/h1-15,23-24H,16-18H2/t23-,24+. The summed E-state index contributed by atoms with van der Waals surface area (Å²) in [6.07, 6.45) is 1.87. The molecule has 3 heteroatoms. The second kappa shape index (κ2) is 8.92. The van der Waals surface area contributed by atoms with E-state index in [1.165, 1.54) is 11.1 Å². The van der Waals surface area contributed by atoms with Gasteiger partial charge in [0.15, 0.2) is 0 Å². The molecule has 2 atom stereocenters. The van der Waals surface area contributed by atoms with Crippen molar-refractivity contribution in [1.29, 1.82) is 0 Å². The lowest BCUT2D eigenvalue weighted by molar-refractivity contribution is 0.129. The maximum atomic E-state index is 5.71. The highest BCUT2D eigenvalue weighted by molar-refractivity contribution is 7.99. The molecular formula is C24H23NOS. The van der Waals surface area contributed by atoms with Gasteiger partial charge in [0, 0.05) is 23.3 Å². The number of hydrogen-bond acceptors (Lipinski definition) is 3. The number of benzene rings is 3. The third-order valence-electron chi connectivity index (χ3n) is 4.78. The van der Waals surface area contributed by atoms with Crippen LogP contribution in [0.2, 0.25) is 0 Å². The molecular weight excluding hydrogens is 350 g/mol. The lowest BCUT2D eigenvalue weighted by Gasteiger charge is -2.30. The first-order valence-electron chi connectivity index (χ1n) is 9.35. The topological polar surface area (TPSA) is 21.6 Å². The van der Waals surface area contributed by atoms with Gasteiger partial charge < -0.3 is 4.84 Å². The van der Waals surface area contributed by atoms with E-state index in [9.17, 15) is 0 Å². The molecule has 0 saturated carbocycles. The molecule has 0 aromatic heterocycles. The Labute approximate surface area is 165 Å². The Hall–Kier alpha value is -2.52. The van der Waals surface area contributed by atoms with Gasteiger partial charge in [-0.15, -0.1) is 11.8 Å². The molecule has 1 fully saturated rings. The third kappa shape index (κ3) is 4.81. The maximum absolute atomic E-state index is 5.71. The Bertz CT molecular complexity index is 815. The Morgan fingerprint density at radius 2 is 1.19 bits per heavy atom. The fourth-order valence-electron chi connectivity index (χ4n) is 3.38. The Morgan fingerprint density at radius 1 is 0.704 bits per heavy atom. The van der Waals surface area contributed by atoms with E-state index in [2.05, 4.69) is 78.0 Å². The zero-order valence-corrected chi connectivity index (χ0v) is 16.0. The van der Waals surface area contributed by atoms with Gasteiger partial charge in [0.05, 0.1) is 5.71 Å². The first-order valence-corrected chi connectivity index (χ1v) is 10.3. The van der Waals surface area contributed by atoms with Crippen molar-refractivity contribution >= 4 is 17.5 Å². The van der Waals surface area contributed by atoms with Gasteiger partial charge in [0.2, 0.25) is 0 Å². The van der Waals surface area contributed by atoms with Gasteiger partial charge in [0.1, 0.15) is 6.61 Å². The second-order valence-corrected chi connectivity index (χ2v) is 8.17. The molecule has 0 radical (unpaired) electrons. The van der Waals surface area contributed by atoms with E-state index in [1.54, 1.807) is 0 Å². The minimum Gasteiger partial charge on any atom is -0.391 e. The lowest BCUT2D eigenvalue weighted by atomic mass is 10.00. The summed E-state index contributed by atoms with van der Waals surface area (Å²) in [7, 11) is 0. The summed E-state index contributed by atoms with van der Waals surface area (Å²) in [5, 5.41) is 5.35. The molecule has 3 aromatic carbocycles. The summed E-state index contributed by atoms with van der Waals surface area (Å²) in [5.41, 5.74) is 5.01. The smallest absolute Gasteiger partial charge is 0.142 e. The van der Waals surface area contributed by atoms with E-state index in [0.717, 1.165) is 24.1 Å². The van der Waals surface area contributed by atoms with Crippen LogP contribution in [-0.2, 0) is 11.4 Å². The molecule has 27 heavy (non-hydrogen) atoms. The van der Waals surface area contributed by atoms with Crippen molar-refractivity contribution in [2.24, 2.45) is 5.16 Å². The van der Waals surface area contributed by atoms with Crippen molar-refractivity contribution in [2.75, 3.05) is 0 Å². The fraction of sp³-hybridized carbons (Fsp3) is 0.208. The summed E-state index contributed by atoms with van der Waals surface area (Å²) >= 11 is 2.03. The largest absolute Gasteiger partial charge is 0.391 e. The van der Waals surface area contributed by atoms with Gasteiger partial charge in [-0.25, -0.2) is 0 Å². The first kappa shape index (κ1) is 17.9. The van der Waals surface area contributed by atoms with Crippen LogP contribution in [0.1, 0.15) is 40.0 Å². The highest BCUT2D eigenvalue weighted by Crippen LogP contribution is 2.49. The normalized spacial score (nSPS) is 21.1. The average molecular weight is 374 g/mol. The predicted molar refractivity (Wildman–Crippen MR) is 114 cm³/mol. The minimum absolute atomic E-state index is 0.407. The van der Waals surface area contributed by atoms with E-state index in [-0.39, 0.29) is 0 Å². The van der Waals surface area contributed by atoms with Gasteiger partial charge in [0.25, 0.3) is 0 Å². The summed E-state index contributed by atoms with van der Waals surface area (Å²) in [6.45, 7) is 0.517. The van der Waals surface area contributed by atoms with E-state index < -0.39 is 0 Å². The van der Waals surface area contributed by atoms with E-state index in [1.807, 2.05) is 30.0 Å². The van der Waals surface area contributed by atoms with Crippen LogP contribution in [0.15, 0.2) is 96.2 Å². The highest BCUT2D eigenvalue weighted by atomic mass is 32.2. The van der Waals surface area contributed by atoms with Crippen LogP contribution < -0.4 is 0 Å². The van der Waals surface area contributed by atoms with Crippen molar-refractivity contribution in [3.05, 3.63) is 108 Å². The Balaban J connectivity index is 1.52. The lowest BCUT2D eigenvalue weighted by Crippen LogP contribution is -2.16. The molecule has 0 bridgehead atoms. The van der Waals surface area contributed by atoms with Crippen LogP contribution >= 0.6 is 11.8 Å². The summed E-state index contributed by atoms with van der Waals surface area (Å²) in [5.74, 6) is 0. The van der Waals surface area contributed by atoms with Gasteiger partial charge >= 0.3 is 0 Å². The SMILES string of the molecule is c1ccc(CON=C2C[C@@H](c3ccccc3)S[C@@H](c3ccccc3)C2)cc1. The zero-order chi connectivity index (χ0) is 18.3. The van der Waals surface area contributed by atoms with Crippen molar-refractivity contribution in [1.82, 2.24) is 0 Å². The van der Waals surface area contributed by atoms with Crippen LogP contribution in [0.5, 0.6) is 0 Å². The maximum Gasteiger partial charge on any atom is 0.142 e. The molecule has 0 amide bonds.